The zero-order valence-corrected chi connectivity index (χ0v) is 16.7. The zero-order chi connectivity index (χ0) is 19.8. The highest BCUT2D eigenvalue weighted by molar-refractivity contribution is 7.99. The second-order valence-electron chi connectivity index (χ2n) is 5.79. The molecule has 2 aromatic carbocycles. The molecule has 148 valence electrons. The molecule has 1 heterocycles. The number of H-pyrrole nitrogens is 1. The van der Waals surface area contributed by atoms with Gasteiger partial charge in [-0.1, -0.05) is 23.9 Å². The molecule has 0 aliphatic heterocycles. The van der Waals surface area contributed by atoms with Crippen LogP contribution in [0.2, 0.25) is 0 Å². The number of hydrogen-bond acceptors (Lipinski definition) is 6. The number of nitrogens with one attached hydrogen (secondary N) is 2. The third-order valence-corrected chi connectivity index (χ3v) is 4.71. The lowest BCUT2D eigenvalue weighted by Gasteiger charge is -2.10. The van der Waals surface area contributed by atoms with Crippen molar-refractivity contribution in [2.24, 2.45) is 0 Å². The van der Waals surface area contributed by atoms with E-state index >= 15 is 0 Å². The number of ether oxygens (including phenoxy) is 3. The summed E-state index contributed by atoms with van der Waals surface area (Å²) >= 11 is 1.35. The number of hydrogen-bond donors (Lipinski definition) is 2. The molecule has 1 aromatic heterocycles. The van der Waals surface area contributed by atoms with Crippen molar-refractivity contribution in [1.82, 2.24) is 15.3 Å². The van der Waals surface area contributed by atoms with Gasteiger partial charge in [-0.3, -0.25) is 4.79 Å². The van der Waals surface area contributed by atoms with E-state index < -0.39 is 0 Å². The third kappa shape index (κ3) is 5.32. The second kappa shape index (κ2) is 9.89. The Hall–Kier alpha value is -2.87. The number of para-hydroxylation sites is 2. The summed E-state index contributed by atoms with van der Waals surface area (Å²) in [6, 6.07) is 13.1. The summed E-state index contributed by atoms with van der Waals surface area (Å²) in [5.74, 6) is 2.31. The fourth-order valence-corrected chi connectivity index (χ4v) is 3.28. The number of amides is 1. The summed E-state index contributed by atoms with van der Waals surface area (Å²) in [6.07, 6.45) is 0. The van der Waals surface area contributed by atoms with Gasteiger partial charge in [0, 0.05) is 6.07 Å². The molecule has 0 saturated heterocycles. The van der Waals surface area contributed by atoms with Gasteiger partial charge in [-0.05, 0) is 31.2 Å². The molecule has 0 fully saturated rings. The fraction of sp³-hybridized carbons (Fsp3) is 0.300. The van der Waals surface area contributed by atoms with E-state index in [2.05, 4.69) is 15.3 Å². The molecule has 7 nitrogen and oxygen atoms in total. The predicted molar refractivity (Wildman–Crippen MR) is 109 cm³/mol. The highest BCUT2D eigenvalue weighted by Crippen LogP contribution is 2.25. The van der Waals surface area contributed by atoms with Crippen LogP contribution in [0.5, 0.6) is 17.2 Å². The van der Waals surface area contributed by atoms with Crippen molar-refractivity contribution in [3.05, 3.63) is 42.5 Å². The molecule has 1 amide bonds. The first-order chi connectivity index (χ1) is 13.7. The smallest absolute Gasteiger partial charge is 0.230 e. The van der Waals surface area contributed by atoms with Crippen molar-refractivity contribution in [3.8, 4) is 17.2 Å². The van der Waals surface area contributed by atoms with Gasteiger partial charge < -0.3 is 24.5 Å². The Morgan fingerprint density at radius 2 is 2.00 bits per heavy atom. The Balaban J connectivity index is 1.42. The number of methoxy groups -OCH3 is 1. The Kier molecular flexibility index (Phi) is 7.02. The topological polar surface area (TPSA) is 85.5 Å². The van der Waals surface area contributed by atoms with Crippen LogP contribution in [0.15, 0.2) is 47.6 Å². The Labute approximate surface area is 167 Å². The maximum atomic E-state index is 12.0. The van der Waals surface area contributed by atoms with Gasteiger partial charge in [-0.2, -0.15) is 0 Å². The van der Waals surface area contributed by atoms with Gasteiger partial charge in [0.25, 0.3) is 0 Å². The summed E-state index contributed by atoms with van der Waals surface area (Å²) in [5, 5.41) is 3.53. The predicted octanol–water partition coefficient (Wildman–Crippen LogP) is 3.26. The number of carbonyl (C=O) groups is 1. The maximum absolute atomic E-state index is 12.0. The van der Waals surface area contributed by atoms with Crippen LogP contribution in [-0.2, 0) is 4.79 Å². The summed E-state index contributed by atoms with van der Waals surface area (Å²) in [6.45, 7) is 3.33. The van der Waals surface area contributed by atoms with Crippen LogP contribution in [0.3, 0.4) is 0 Å². The van der Waals surface area contributed by atoms with Crippen molar-refractivity contribution in [2.75, 3.05) is 32.6 Å². The molecule has 0 aliphatic carbocycles. The molecule has 8 heteroatoms. The van der Waals surface area contributed by atoms with Crippen LogP contribution in [0, 0.1) is 0 Å². The zero-order valence-electron chi connectivity index (χ0n) is 15.9. The number of benzene rings is 2. The van der Waals surface area contributed by atoms with Gasteiger partial charge in [0.05, 0.1) is 37.0 Å². The van der Waals surface area contributed by atoms with Crippen LogP contribution in [-0.4, -0.2) is 48.5 Å². The van der Waals surface area contributed by atoms with E-state index in [0.29, 0.717) is 36.4 Å². The number of carbonyl (C=O) groups excluding carboxylic acids is 1. The van der Waals surface area contributed by atoms with Crippen LogP contribution in [0.25, 0.3) is 11.0 Å². The van der Waals surface area contributed by atoms with E-state index in [1.165, 1.54) is 11.8 Å². The molecule has 3 aromatic rings. The summed E-state index contributed by atoms with van der Waals surface area (Å²) in [4.78, 5) is 19.7. The first kappa shape index (κ1) is 19.9. The second-order valence-corrected chi connectivity index (χ2v) is 6.76. The summed E-state index contributed by atoms with van der Waals surface area (Å²) < 4.78 is 16.3. The number of rotatable bonds is 10. The van der Waals surface area contributed by atoms with Gasteiger partial charge >= 0.3 is 0 Å². The number of fused-ring (bicyclic) bond motifs is 1. The van der Waals surface area contributed by atoms with Crippen LogP contribution in [0.1, 0.15) is 6.92 Å². The van der Waals surface area contributed by atoms with Gasteiger partial charge in [-0.15, -0.1) is 0 Å². The molecule has 0 radical (unpaired) electrons. The normalized spacial score (nSPS) is 10.6. The molecule has 0 bridgehead atoms. The minimum atomic E-state index is -0.0795. The van der Waals surface area contributed by atoms with Gasteiger partial charge in [-0.25, -0.2) is 4.98 Å². The van der Waals surface area contributed by atoms with Gasteiger partial charge in [0.2, 0.25) is 5.91 Å². The van der Waals surface area contributed by atoms with Crippen LogP contribution in [0.4, 0.5) is 0 Å². The van der Waals surface area contributed by atoms with E-state index in [4.69, 9.17) is 14.2 Å². The highest BCUT2D eigenvalue weighted by atomic mass is 32.2. The van der Waals surface area contributed by atoms with E-state index in [9.17, 15) is 4.79 Å². The number of nitrogens with zero attached hydrogens (tertiary/aromatic N) is 1. The average molecular weight is 401 g/mol. The molecule has 3 rings (SSSR count). The van der Waals surface area contributed by atoms with E-state index in [0.717, 1.165) is 16.8 Å². The fourth-order valence-electron chi connectivity index (χ4n) is 2.56. The Bertz CT molecular complexity index is 929. The van der Waals surface area contributed by atoms with Crippen molar-refractivity contribution in [1.29, 1.82) is 0 Å². The van der Waals surface area contributed by atoms with E-state index in [-0.39, 0.29) is 11.7 Å². The number of imidazole rings is 1. The molecular formula is C20H23N3O4S. The van der Waals surface area contributed by atoms with Crippen molar-refractivity contribution < 1.29 is 19.0 Å². The van der Waals surface area contributed by atoms with Gasteiger partial charge in [0.15, 0.2) is 16.7 Å². The number of aromatic nitrogens is 2. The molecular weight excluding hydrogens is 378 g/mol. The first-order valence-electron chi connectivity index (χ1n) is 8.97. The monoisotopic (exact) mass is 401 g/mol. The largest absolute Gasteiger partial charge is 0.494 e. The van der Waals surface area contributed by atoms with Crippen LogP contribution >= 0.6 is 11.8 Å². The lowest BCUT2D eigenvalue weighted by molar-refractivity contribution is -0.118. The Morgan fingerprint density at radius 1 is 1.18 bits per heavy atom. The quantitative estimate of drug-likeness (QED) is 0.401. The van der Waals surface area contributed by atoms with Crippen molar-refractivity contribution in [2.45, 2.75) is 12.1 Å². The Morgan fingerprint density at radius 3 is 2.79 bits per heavy atom. The SMILES string of the molecule is CCOc1ccc2nc(SCC(=O)NCCOc3ccccc3OC)[nH]c2c1. The van der Waals surface area contributed by atoms with Crippen molar-refractivity contribution in [3.63, 3.8) is 0 Å². The maximum Gasteiger partial charge on any atom is 0.230 e. The average Bonchev–Trinajstić information content (AvgIpc) is 3.12. The standard InChI is InChI=1S/C20H23N3O4S/c1-3-26-14-8-9-15-16(12-14)23-20(22-15)28-13-19(24)21-10-11-27-18-7-5-4-6-17(18)25-2/h4-9,12H,3,10-11,13H2,1-2H3,(H,21,24)(H,22,23). The molecule has 0 unspecified atom stereocenters. The number of thioether (sulfide) groups is 1. The first-order valence-corrected chi connectivity index (χ1v) is 9.96. The highest BCUT2D eigenvalue weighted by Gasteiger charge is 2.08. The van der Waals surface area contributed by atoms with Crippen molar-refractivity contribution >= 4 is 28.7 Å². The summed E-state index contributed by atoms with van der Waals surface area (Å²) in [7, 11) is 1.59. The molecule has 0 atom stereocenters. The lowest BCUT2D eigenvalue weighted by Crippen LogP contribution is -2.29. The molecule has 0 saturated carbocycles. The lowest BCUT2D eigenvalue weighted by atomic mass is 10.3. The molecule has 28 heavy (non-hydrogen) atoms. The minimum absolute atomic E-state index is 0.0795. The number of aromatic amines is 1. The summed E-state index contributed by atoms with van der Waals surface area (Å²) in [5.41, 5.74) is 1.73. The van der Waals surface area contributed by atoms with Crippen LogP contribution < -0.4 is 19.5 Å². The molecule has 2 N–H and O–H groups in total. The minimum Gasteiger partial charge on any atom is -0.494 e. The third-order valence-electron chi connectivity index (χ3n) is 3.83. The van der Waals surface area contributed by atoms with Gasteiger partial charge in [0.1, 0.15) is 12.4 Å². The molecule has 0 aliphatic rings. The molecule has 0 spiro atoms. The van der Waals surface area contributed by atoms with E-state index in [1.54, 1.807) is 7.11 Å². The van der Waals surface area contributed by atoms with E-state index in [1.807, 2.05) is 49.4 Å².